The van der Waals surface area contributed by atoms with Crippen LogP contribution in [0.3, 0.4) is 0 Å². The summed E-state index contributed by atoms with van der Waals surface area (Å²) in [5, 5.41) is 1.20. The van der Waals surface area contributed by atoms with Crippen molar-refractivity contribution in [3.63, 3.8) is 0 Å². The first-order valence-electron chi connectivity index (χ1n) is 14.7. The second kappa shape index (κ2) is 13.6. The number of carbonyl (C=O) groups excluding carboxylic acids is 2. The SMILES string of the molecule is COC(=O)/C=C/C1=CN(Cc2ccccc2)C=CC1C(C(=O)OC)n1cc(CCO[Si](C)(C)C(C)(C)C)c2ccccc21. The topological polar surface area (TPSA) is 70.0 Å². The van der Waals surface area contributed by atoms with E-state index in [-0.39, 0.29) is 11.0 Å². The second-order valence-electron chi connectivity index (χ2n) is 12.4. The Labute approximate surface area is 256 Å². The number of carbonyl (C=O) groups is 2. The van der Waals surface area contributed by atoms with E-state index < -0.39 is 26.2 Å². The zero-order valence-electron chi connectivity index (χ0n) is 26.4. The molecule has 0 aliphatic carbocycles. The third kappa shape index (κ3) is 7.56. The van der Waals surface area contributed by atoms with Crippen molar-refractivity contribution >= 4 is 31.2 Å². The number of allylic oxidation sites excluding steroid dienone is 3. The highest BCUT2D eigenvalue weighted by Crippen LogP contribution is 2.38. The van der Waals surface area contributed by atoms with Crippen molar-refractivity contribution in [3.05, 3.63) is 108 Å². The van der Waals surface area contributed by atoms with Gasteiger partial charge in [0.1, 0.15) is 6.04 Å². The van der Waals surface area contributed by atoms with Crippen molar-refractivity contribution in [2.45, 2.75) is 57.9 Å². The van der Waals surface area contributed by atoms with Gasteiger partial charge in [0, 0.05) is 54.6 Å². The molecule has 7 nitrogen and oxygen atoms in total. The summed E-state index contributed by atoms with van der Waals surface area (Å²) in [5.74, 6) is -1.23. The highest BCUT2D eigenvalue weighted by molar-refractivity contribution is 6.74. The number of hydrogen-bond acceptors (Lipinski definition) is 6. The molecular weight excluding hydrogens is 556 g/mol. The van der Waals surface area contributed by atoms with Crippen molar-refractivity contribution in [1.29, 1.82) is 0 Å². The van der Waals surface area contributed by atoms with Crippen LogP contribution in [0.1, 0.15) is 37.9 Å². The number of aromatic nitrogens is 1. The molecule has 2 heterocycles. The molecule has 0 saturated heterocycles. The van der Waals surface area contributed by atoms with Crippen molar-refractivity contribution < 1.29 is 23.5 Å². The normalized spacial score (nSPS) is 16.4. The van der Waals surface area contributed by atoms with Crippen molar-refractivity contribution in [3.8, 4) is 0 Å². The molecule has 1 aliphatic heterocycles. The molecule has 1 aliphatic rings. The highest BCUT2D eigenvalue weighted by Gasteiger charge is 2.37. The molecule has 0 spiro atoms. The largest absolute Gasteiger partial charge is 0.467 e. The number of benzene rings is 2. The van der Waals surface area contributed by atoms with E-state index in [1.807, 2.05) is 59.4 Å². The van der Waals surface area contributed by atoms with Crippen molar-refractivity contribution in [2.75, 3.05) is 20.8 Å². The lowest BCUT2D eigenvalue weighted by molar-refractivity contribution is -0.145. The summed E-state index contributed by atoms with van der Waals surface area (Å²) in [7, 11) is 0.856. The van der Waals surface area contributed by atoms with Crippen LogP contribution >= 0.6 is 0 Å². The molecular formula is C35H44N2O5Si. The Morgan fingerprint density at radius 1 is 1.00 bits per heavy atom. The zero-order chi connectivity index (χ0) is 31.2. The molecule has 8 heteroatoms. The lowest BCUT2D eigenvalue weighted by atomic mass is 9.88. The minimum absolute atomic E-state index is 0.124. The fourth-order valence-electron chi connectivity index (χ4n) is 5.09. The highest BCUT2D eigenvalue weighted by atomic mass is 28.4. The van der Waals surface area contributed by atoms with E-state index in [1.165, 1.54) is 20.3 Å². The van der Waals surface area contributed by atoms with Gasteiger partial charge in [-0.1, -0.05) is 75.4 Å². The van der Waals surface area contributed by atoms with Crippen LogP contribution in [0, 0.1) is 5.92 Å². The summed E-state index contributed by atoms with van der Waals surface area (Å²) >= 11 is 0. The van der Waals surface area contributed by atoms with E-state index >= 15 is 0 Å². The van der Waals surface area contributed by atoms with Gasteiger partial charge in [-0.05, 0) is 53.4 Å². The Morgan fingerprint density at radius 3 is 2.37 bits per heavy atom. The van der Waals surface area contributed by atoms with Crippen LogP contribution in [-0.2, 0) is 36.5 Å². The van der Waals surface area contributed by atoms with Crippen LogP contribution in [0.4, 0.5) is 0 Å². The molecule has 0 amide bonds. The van der Waals surface area contributed by atoms with Gasteiger partial charge < -0.3 is 23.4 Å². The molecule has 3 aromatic rings. The standard InChI is InChI=1S/C35H44N2O5Si/c1-35(2,3)43(6,7)42-22-20-28-25-37(31-16-12-11-15-29(28)31)33(34(39)41-5)30-19-21-36(23-26-13-9-8-10-14-26)24-27(30)17-18-32(38)40-4/h8-19,21,24-25,30,33H,20,22-23H2,1-7H3/b18-17+. The number of esters is 2. The Kier molecular flexibility index (Phi) is 10.1. The average molecular weight is 601 g/mol. The first-order chi connectivity index (χ1) is 20.4. The van der Waals surface area contributed by atoms with Gasteiger partial charge >= 0.3 is 11.9 Å². The van der Waals surface area contributed by atoms with Crippen LogP contribution in [0.5, 0.6) is 0 Å². The summed E-state index contributed by atoms with van der Waals surface area (Å²) < 4.78 is 18.8. The van der Waals surface area contributed by atoms with Gasteiger partial charge in [-0.15, -0.1) is 0 Å². The maximum atomic E-state index is 13.6. The molecule has 228 valence electrons. The quantitative estimate of drug-likeness (QED) is 0.132. The van der Waals surface area contributed by atoms with Crippen LogP contribution < -0.4 is 0 Å². The molecule has 0 fully saturated rings. The summed E-state index contributed by atoms with van der Waals surface area (Å²) in [6.45, 7) is 12.5. The van der Waals surface area contributed by atoms with E-state index in [2.05, 4.69) is 63.2 Å². The second-order valence-corrected chi connectivity index (χ2v) is 17.2. The van der Waals surface area contributed by atoms with Gasteiger partial charge in [0.05, 0.1) is 14.2 Å². The monoisotopic (exact) mass is 600 g/mol. The van der Waals surface area contributed by atoms with Gasteiger partial charge in [0.2, 0.25) is 0 Å². The lowest BCUT2D eigenvalue weighted by Crippen LogP contribution is -2.41. The molecule has 2 aromatic carbocycles. The van der Waals surface area contributed by atoms with E-state index in [0.29, 0.717) is 13.2 Å². The van der Waals surface area contributed by atoms with Crippen LogP contribution in [0.2, 0.25) is 18.1 Å². The Hall–Kier alpha value is -3.88. The van der Waals surface area contributed by atoms with Gasteiger partial charge in [-0.25, -0.2) is 9.59 Å². The number of ether oxygens (including phenoxy) is 2. The van der Waals surface area contributed by atoms with Gasteiger partial charge in [0.15, 0.2) is 8.32 Å². The first kappa shape index (κ1) is 32.0. The molecule has 2 unspecified atom stereocenters. The number of para-hydroxylation sites is 1. The van der Waals surface area contributed by atoms with E-state index in [0.717, 1.165) is 34.0 Å². The predicted molar refractivity (Wildman–Crippen MR) is 174 cm³/mol. The third-order valence-corrected chi connectivity index (χ3v) is 13.1. The molecule has 2 atom stereocenters. The molecule has 0 saturated carbocycles. The molecule has 1 aromatic heterocycles. The number of hydrogen-bond donors (Lipinski definition) is 0. The van der Waals surface area contributed by atoms with Crippen molar-refractivity contribution in [1.82, 2.24) is 9.47 Å². The fourth-order valence-corrected chi connectivity index (χ4v) is 6.14. The molecule has 0 bridgehead atoms. The zero-order valence-corrected chi connectivity index (χ0v) is 27.4. The molecule has 4 rings (SSSR count). The maximum absolute atomic E-state index is 13.6. The first-order valence-corrected chi connectivity index (χ1v) is 17.6. The summed E-state index contributed by atoms with van der Waals surface area (Å²) in [6.07, 6.45) is 11.9. The predicted octanol–water partition coefficient (Wildman–Crippen LogP) is 7.18. The summed E-state index contributed by atoms with van der Waals surface area (Å²) in [4.78, 5) is 27.7. The summed E-state index contributed by atoms with van der Waals surface area (Å²) in [6, 6.07) is 17.6. The molecule has 0 radical (unpaired) electrons. The molecule has 0 N–H and O–H groups in total. The number of rotatable bonds is 11. The van der Waals surface area contributed by atoms with Crippen LogP contribution in [-0.4, -0.2) is 50.5 Å². The molecule has 43 heavy (non-hydrogen) atoms. The minimum Gasteiger partial charge on any atom is -0.467 e. The number of fused-ring (bicyclic) bond motifs is 1. The van der Waals surface area contributed by atoms with Gasteiger partial charge in [0.25, 0.3) is 0 Å². The Balaban J connectivity index is 1.72. The minimum atomic E-state index is -1.90. The van der Waals surface area contributed by atoms with Crippen LogP contribution in [0.25, 0.3) is 10.9 Å². The van der Waals surface area contributed by atoms with Crippen LogP contribution in [0.15, 0.2) is 97.0 Å². The lowest BCUT2D eigenvalue weighted by Gasteiger charge is -2.36. The van der Waals surface area contributed by atoms with Gasteiger partial charge in [-0.2, -0.15) is 0 Å². The van der Waals surface area contributed by atoms with Crippen molar-refractivity contribution in [2.24, 2.45) is 5.92 Å². The van der Waals surface area contributed by atoms with Gasteiger partial charge in [-0.3, -0.25) is 0 Å². The van der Waals surface area contributed by atoms with E-state index in [9.17, 15) is 9.59 Å². The smallest absolute Gasteiger partial charge is 0.330 e. The number of nitrogens with zero attached hydrogens (tertiary/aromatic N) is 2. The number of methoxy groups -OCH3 is 2. The third-order valence-electron chi connectivity index (χ3n) is 8.55. The average Bonchev–Trinajstić information content (AvgIpc) is 3.34. The Bertz CT molecular complexity index is 1510. The Morgan fingerprint density at radius 2 is 1.70 bits per heavy atom. The summed E-state index contributed by atoms with van der Waals surface area (Å²) in [5.41, 5.74) is 3.99. The fraction of sp³-hybridized carbons (Fsp3) is 0.371. The maximum Gasteiger partial charge on any atom is 0.330 e. The van der Waals surface area contributed by atoms with E-state index in [1.54, 1.807) is 6.08 Å². The van der Waals surface area contributed by atoms with E-state index in [4.69, 9.17) is 13.9 Å².